The molecule has 0 saturated heterocycles. The molecule has 1 rings (SSSR count). The van der Waals surface area contributed by atoms with E-state index in [1.54, 1.807) is 18.2 Å². The van der Waals surface area contributed by atoms with Gasteiger partial charge >= 0.3 is 0 Å². The molecular weight excluding hydrogens is 214 g/mol. The molecule has 1 amide bonds. The molecule has 4 heteroatoms. The maximum Gasteiger partial charge on any atom is 0.253 e. The van der Waals surface area contributed by atoms with Gasteiger partial charge in [-0.2, -0.15) is 0 Å². The number of rotatable bonds is 6. The van der Waals surface area contributed by atoms with Crippen molar-refractivity contribution in [1.82, 2.24) is 5.32 Å². The van der Waals surface area contributed by atoms with Gasteiger partial charge in [-0.25, -0.2) is 0 Å². The van der Waals surface area contributed by atoms with Crippen LogP contribution in [0.3, 0.4) is 0 Å². The highest BCUT2D eigenvalue weighted by Gasteiger charge is 2.10. The Morgan fingerprint density at radius 1 is 1.53 bits per heavy atom. The lowest BCUT2D eigenvalue weighted by molar-refractivity contribution is 0.0956. The summed E-state index contributed by atoms with van der Waals surface area (Å²) in [5, 5.41) is 5.95. The molecule has 0 aromatic heterocycles. The van der Waals surface area contributed by atoms with Gasteiger partial charge in [0.05, 0.1) is 5.56 Å². The summed E-state index contributed by atoms with van der Waals surface area (Å²) in [6.07, 6.45) is 2.66. The second-order valence-electron chi connectivity index (χ2n) is 3.67. The number of nitrogen functional groups attached to an aromatic ring is 1. The average Bonchev–Trinajstić information content (AvgIpc) is 2.30. The lowest BCUT2D eigenvalue weighted by Crippen LogP contribution is -2.24. The first-order valence-electron chi connectivity index (χ1n) is 5.71. The molecule has 1 aromatic rings. The number of nitrogens with one attached hydrogen (secondary N) is 2. The summed E-state index contributed by atoms with van der Waals surface area (Å²) in [4.78, 5) is 11.8. The van der Waals surface area contributed by atoms with Crippen LogP contribution >= 0.6 is 0 Å². The fourth-order valence-electron chi connectivity index (χ4n) is 1.47. The van der Waals surface area contributed by atoms with Crippen LogP contribution in [0.1, 0.15) is 23.7 Å². The van der Waals surface area contributed by atoms with E-state index in [1.165, 1.54) is 0 Å². The van der Waals surface area contributed by atoms with Crippen molar-refractivity contribution < 1.29 is 4.79 Å². The predicted octanol–water partition coefficient (Wildman–Crippen LogP) is 2.01. The summed E-state index contributed by atoms with van der Waals surface area (Å²) in [5.74, 6) is -0.0893. The van der Waals surface area contributed by atoms with E-state index >= 15 is 0 Å². The van der Waals surface area contributed by atoms with Crippen LogP contribution in [0.5, 0.6) is 0 Å². The van der Waals surface area contributed by atoms with Gasteiger partial charge in [0.2, 0.25) is 0 Å². The number of hydrogen-bond acceptors (Lipinski definition) is 3. The molecule has 0 bridgehead atoms. The number of benzene rings is 1. The number of hydrogen-bond donors (Lipinski definition) is 3. The normalized spacial score (nSPS) is 9.71. The van der Waals surface area contributed by atoms with Crippen molar-refractivity contribution in [2.45, 2.75) is 13.3 Å². The van der Waals surface area contributed by atoms with Gasteiger partial charge in [0.15, 0.2) is 0 Å². The van der Waals surface area contributed by atoms with Crippen LogP contribution in [0, 0.1) is 0 Å². The molecule has 0 heterocycles. The molecule has 17 heavy (non-hydrogen) atoms. The molecule has 0 radical (unpaired) electrons. The van der Waals surface area contributed by atoms with E-state index in [-0.39, 0.29) is 5.91 Å². The molecule has 0 saturated carbocycles. The minimum absolute atomic E-state index is 0.0893. The Morgan fingerprint density at radius 2 is 2.29 bits per heavy atom. The number of carbonyl (C=O) groups excluding carboxylic acids is 1. The van der Waals surface area contributed by atoms with Crippen molar-refractivity contribution in [1.29, 1.82) is 0 Å². The Balaban J connectivity index is 2.86. The second-order valence-corrected chi connectivity index (χ2v) is 3.67. The second kappa shape index (κ2) is 6.58. The van der Waals surface area contributed by atoms with Crippen LogP contribution in [0.25, 0.3) is 0 Å². The minimum atomic E-state index is -0.0893. The van der Waals surface area contributed by atoms with Crippen LogP contribution in [-0.4, -0.2) is 19.0 Å². The minimum Gasteiger partial charge on any atom is -0.399 e. The average molecular weight is 233 g/mol. The largest absolute Gasteiger partial charge is 0.399 e. The Hall–Kier alpha value is -1.97. The predicted molar refractivity (Wildman–Crippen MR) is 72.2 cm³/mol. The van der Waals surface area contributed by atoms with Gasteiger partial charge in [-0.3, -0.25) is 4.79 Å². The quantitative estimate of drug-likeness (QED) is 0.400. The fraction of sp³-hybridized carbons (Fsp3) is 0.308. The van der Waals surface area contributed by atoms with E-state index in [0.29, 0.717) is 17.8 Å². The fourth-order valence-corrected chi connectivity index (χ4v) is 1.47. The third-order valence-corrected chi connectivity index (χ3v) is 2.29. The van der Waals surface area contributed by atoms with Crippen molar-refractivity contribution in [3.05, 3.63) is 36.4 Å². The molecule has 1 aromatic carbocycles. The highest BCUT2D eigenvalue weighted by molar-refractivity contribution is 6.00. The van der Waals surface area contributed by atoms with Gasteiger partial charge in [-0.1, -0.05) is 6.08 Å². The van der Waals surface area contributed by atoms with Crippen LogP contribution in [0.2, 0.25) is 0 Å². The van der Waals surface area contributed by atoms with Gasteiger partial charge < -0.3 is 16.4 Å². The van der Waals surface area contributed by atoms with Crippen LogP contribution in [0.4, 0.5) is 11.4 Å². The molecule has 4 N–H and O–H groups in total. The summed E-state index contributed by atoms with van der Waals surface area (Å²) in [5.41, 5.74) is 7.73. The number of amides is 1. The molecule has 0 fully saturated rings. The topological polar surface area (TPSA) is 67.1 Å². The molecule has 4 nitrogen and oxygen atoms in total. The van der Waals surface area contributed by atoms with Gasteiger partial charge in [0.25, 0.3) is 5.91 Å². The third kappa shape index (κ3) is 3.83. The smallest absolute Gasteiger partial charge is 0.253 e. The molecular formula is C13H19N3O. The standard InChI is InChI=1S/C13H19N3O/c1-3-5-8-16-12-9-10(14)6-7-11(12)13(17)15-4-2/h3,6-7,9,16H,1,4-5,8,14H2,2H3,(H,15,17). The van der Waals surface area contributed by atoms with Gasteiger partial charge in [-0.05, 0) is 31.5 Å². The zero-order valence-corrected chi connectivity index (χ0v) is 10.1. The first kappa shape index (κ1) is 13.1. The van der Waals surface area contributed by atoms with Crippen molar-refractivity contribution in [3.63, 3.8) is 0 Å². The van der Waals surface area contributed by atoms with Crippen molar-refractivity contribution in [2.24, 2.45) is 0 Å². The van der Waals surface area contributed by atoms with Crippen molar-refractivity contribution in [2.75, 3.05) is 24.1 Å². The number of carbonyl (C=O) groups is 1. The summed E-state index contributed by atoms with van der Waals surface area (Å²) >= 11 is 0. The highest BCUT2D eigenvalue weighted by atomic mass is 16.1. The molecule has 0 aliphatic rings. The SMILES string of the molecule is C=CCCNc1cc(N)ccc1C(=O)NCC. The summed E-state index contributed by atoms with van der Waals surface area (Å²) in [6.45, 7) is 6.88. The lowest BCUT2D eigenvalue weighted by Gasteiger charge is -2.12. The monoisotopic (exact) mass is 233 g/mol. The zero-order valence-electron chi connectivity index (χ0n) is 10.1. The van der Waals surface area contributed by atoms with E-state index in [2.05, 4.69) is 17.2 Å². The molecule has 0 spiro atoms. The van der Waals surface area contributed by atoms with Crippen LogP contribution in [-0.2, 0) is 0 Å². The Morgan fingerprint density at radius 3 is 2.94 bits per heavy atom. The van der Waals surface area contributed by atoms with E-state index in [9.17, 15) is 4.79 Å². The van der Waals surface area contributed by atoms with Crippen molar-refractivity contribution in [3.8, 4) is 0 Å². The first-order chi connectivity index (χ1) is 8.19. The van der Waals surface area contributed by atoms with E-state index < -0.39 is 0 Å². The van der Waals surface area contributed by atoms with Crippen molar-refractivity contribution >= 4 is 17.3 Å². The molecule has 0 atom stereocenters. The third-order valence-electron chi connectivity index (χ3n) is 2.29. The van der Waals surface area contributed by atoms with Crippen LogP contribution < -0.4 is 16.4 Å². The Kier molecular flexibility index (Phi) is 5.07. The van der Waals surface area contributed by atoms with Gasteiger partial charge in [0.1, 0.15) is 0 Å². The number of anilines is 2. The highest BCUT2D eigenvalue weighted by Crippen LogP contribution is 2.19. The Labute approximate surface area is 102 Å². The van der Waals surface area contributed by atoms with E-state index in [4.69, 9.17) is 5.73 Å². The van der Waals surface area contributed by atoms with E-state index in [1.807, 2.05) is 13.0 Å². The van der Waals surface area contributed by atoms with Gasteiger partial charge in [0, 0.05) is 24.5 Å². The summed E-state index contributed by atoms with van der Waals surface area (Å²) in [7, 11) is 0. The zero-order chi connectivity index (χ0) is 12.7. The summed E-state index contributed by atoms with van der Waals surface area (Å²) < 4.78 is 0. The molecule has 0 aliphatic heterocycles. The Bertz CT molecular complexity index is 402. The molecule has 92 valence electrons. The summed E-state index contributed by atoms with van der Waals surface area (Å²) in [6, 6.07) is 5.23. The maximum atomic E-state index is 11.8. The van der Waals surface area contributed by atoms with E-state index in [0.717, 1.165) is 18.7 Å². The number of nitrogens with two attached hydrogens (primary N) is 1. The molecule has 0 unspecified atom stereocenters. The van der Waals surface area contributed by atoms with Crippen LogP contribution in [0.15, 0.2) is 30.9 Å². The van der Waals surface area contributed by atoms with Gasteiger partial charge in [-0.15, -0.1) is 6.58 Å². The lowest BCUT2D eigenvalue weighted by atomic mass is 10.1. The maximum absolute atomic E-state index is 11.8. The first-order valence-corrected chi connectivity index (χ1v) is 5.71. The molecule has 0 aliphatic carbocycles.